The van der Waals surface area contributed by atoms with Gasteiger partial charge in [-0.05, 0) is 74.2 Å². The van der Waals surface area contributed by atoms with Crippen molar-refractivity contribution in [2.24, 2.45) is 0 Å². The monoisotopic (exact) mass is 603 g/mol. The molecule has 1 N–H and O–H groups in total. The van der Waals surface area contributed by atoms with E-state index in [1.54, 1.807) is 56.3 Å². The van der Waals surface area contributed by atoms with Crippen LogP contribution < -0.4 is 9.62 Å². The minimum atomic E-state index is -4.13. The van der Waals surface area contributed by atoms with Gasteiger partial charge in [0.05, 0.1) is 10.6 Å². The van der Waals surface area contributed by atoms with E-state index in [1.807, 2.05) is 26.0 Å². The molecule has 0 fully saturated rings. The van der Waals surface area contributed by atoms with E-state index in [2.05, 4.69) is 5.32 Å². The Balaban J connectivity index is 2.05. The Hall–Kier alpha value is -3.07. The van der Waals surface area contributed by atoms with Crippen LogP contribution >= 0.6 is 23.2 Å². The van der Waals surface area contributed by atoms with Gasteiger partial charge < -0.3 is 10.2 Å². The van der Waals surface area contributed by atoms with Crippen molar-refractivity contribution in [2.75, 3.05) is 17.4 Å². The van der Waals surface area contributed by atoms with Gasteiger partial charge in [0.1, 0.15) is 12.6 Å². The first-order chi connectivity index (χ1) is 18.9. The van der Waals surface area contributed by atoms with E-state index in [-0.39, 0.29) is 17.3 Å². The zero-order chi connectivity index (χ0) is 29.4. The van der Waals surface area contributed by atoms with Crippen LogP contribution in [-0.4, -0.2) is 44.3 Å². The van der Waals surface area contributed by atoms with E-state index >= 15 is 0 Å². The standard InChI is InChI=1S/C30H35Cl2N3O4S/c1-5-6-16-33-30(37)23(4)34(19-24-14-15-25(31)18-27(24)32)29(36)20-35(28-17-21(2)12-13-22(28)3)40(38,39)26-10-8-7-9-11-26/h7-15,17-18,23H,5-6,16,19-20H2,1-4H3,(H,33,37)/t23-/m0/s1. The van der Waals surface area contributed by atoms with Gasteiger partial charge in [-0.15, -0.1) is 0 Å². The topological polar surface area (TPSA) is 86.8 Å². The van der Waals surface area contributed by atoms with Crippen LogP contribution in [0.4, 0.5) is 5.69 Å². The maximum Gasteiger partial charge on any atom is 0.264 e. The number of unbranched alkanes of at least 4 members (excludes halogenated alkanes) is 1. The number of sulfonamides is 1. The van der Waals surface area contributed by atoms with Crippen molar-refractivity contribution in [3.8, 4) is 0 Å². The maximum atomic E-state index is 14.0. The van der Waals surface area contributed by atoms with Crippen LogP contribution in [0.15, 0.2) is 71.6 Å². The lowest BCUT2D eigenvalue weighted by molar-refractivity contribution is -0.139. The van der Waals surface area contributed by atoms with E-state index in [9.17, 15) is 18.0 Å². The summed E-state index contributed by atoms with van der Waals surface area (Å²) in [7, 11) is -4.13. The molecule has 40 heavy (non-hydrogen) atoms. The molecule has 0 unspecified atom stereocenters. The number of amides is 2. The first kappa shape index (κ1) is 31.5. The first-order valence-corrected chi connectivity index (χ1v) is 15.3. The Bertz CT molecular complexity index is 1450. The molecular formula is C30H35Cl2N3O4S. The number of rotatable bonds is 12. The minimum Gasteiger partial charge on any atom is -0.354 e. The van der Waals surface area contributed by atoms with Crippen molar-refractivity contribution in [2.45, 2.75) is 58.0 Å². The number of halogens is 2. The Kier molecular flexibility index (Phi) is 11.0. The molecule has 1 atom stereocenters. The molecule has 0 spiro atoms. The van der Waals surface area contributed by atoms with Gasteiger partial charge in [0.25, 0.3) is 10.0 Å². The molecular weight excluding hydrogens is 569 g/mol. The molecule has 214 valence electrons. The fourth-order valence-corrected chi connectivity index (χ4v) is 6.13. The average molecular weight is 605 g/mol. The number of aryl methyl sites for hydroxylation is 2. The summed E-state index contributed by atoms with van der Waals surface area (Å²) in [6.07, 6.45) is 1.70. The van der Waals surface area contributed by atoms with Crippen LogP contribution in [0, 0.1) is 13.8 Å². The van der Waals surface area contributed by atoms with E-state index in [4.69, 9.17) is 23.2 Å². The van der Waals surface area contributed by atoms with Gasteiger partial charge in [0.15, 0.2) is 0 Å². The number of anilines is 1. The SMILES string of the molecule is CCCCNC(=O)[C@H](C)N(Cc1ccc(Cl)cc1Cl)C(=O)CN(c1cc(C)ccc1C)S(=O)(=O)c1ccccc1. The first-order valence-electron chi connectivity index (χ1n) is 13.1. The third-order valence-electron chi connectivity index (χ3n) is 6.60. The molecule has 0 radical (unpaired) electrons. The smallest absolute Gasteiger partial charge is 0.264 e. The normalized spacial score (nSPS) is 12.1. The van der Waals surface area contributed by atoms with E-state index < -0.39 is 28.5 Å². The van der Waals surface area contributed by atoms with Crippen molar-refractivity contribution < 1.29 is 18.0 Å². The molecule has 0 aliphatic carbocycles. The number of benzene rings is 3. The Labute approximate surface area is 247 Å². The lowest BCUT2D eigenvalue weighted by atomic mass is 10.1. The molecule has 3 rings (SSSR count). The molecule has 0 aliphatic heterocycles. The average Bonchev–Trinajstić information content (AvgIpc) is 2.92. The number of carbonyl (C=O) groups is 2. The highest BCUT2D eigenvalue weighted by Gasteiger charge is 2.33. The second kappa shape index (κ2) is 14.0. The van der Waals surface area contributed by atoms with Crippen molar-refractivity contribution in [1.82, 2.24) is 10.2 Å². The number of nitrogens with one attached hydrogen (secondary N) is 1. The third kappa shape index (κ3) is 7.77. The summed E-state index contributed by atoms with van der Waals surface area (Å²) in [4.78, 5) is 28.5. The van der Waals surface area contributed by atoms with Gasteiger partial charge >= 0.3 is 0 Å². The predicted octanol–water partition coefficient (Wildman–Crippen LogP) is 6.14. The molecule has 0 aromatic heterocycles. The van der Waals surface area contributed by atoms with Crippen LogP contribution in [0.25, 0.3) is 0 Å². The third-order valence-corrected chi connectivity index (χ3v) is 8.96. The zero-order valence-electron chi connectivity index (χ0n) is 23.2. The summed E-state index contributed by atoms with van der Waals surface area (Å²) in [5.41, 5.74) is 2.50. The van der Waals surface area contributed by atoms with Gasteiger partial charge in [-0.1, -0.05) is 72.9 Å². The molecule has 3 aromatic rings. The van der Waals surface area contributed by atoms with Gasteiger partial charge in [-0.2, -0.15) is 0 Å². The highest BCUT2D eigenvalue weighted by Crippen LogP contribution is 2.29. The predicted molar refractivity (Wildman–Crippen MR) is 161 cm³/mol. The number of carbonyl (C=O) groups excluding carboxylic acids is 2. The Morgan fingerprint density at radius 2 is 1.68 bits per heavy atom. The summed E-state index contributed by atoms with van der Waals surface area (Å²) in [5.74, 6) is -0.888. The molecule has 10 heteroatoms. The highest BCUT2D eigenvalue weighted by atomic mass is 35.5. The van der Waals surface area contributed by atoms with Crippen molar-refractivity contribution >= 4 is 50.7 Å². The second-order valence-electron chi connectivity index (χ2n) is 9.69. The van der Waals surface area contributed by atoms with Gasteiger partial charge in [0, 0.05) is 23.1 Å². The van der Waals surface area contributed by atoms with E-state index in [0.29, 0.717) is 33.4 Å². The van der Waals surface area contributed by atoms with E-state index in [1.165, 1.54) is 17.0 Å². The summed E-state index contributed by atoms with van der Waals surface area (Å²) < 4.78 is 29.0. The fourth-order valence-electron chi connectivity index (χ4n) is 4.17. The van der Waals surface area contributed by atoms with Crippen LogP contribution in [0.1, 0.15) is 43.4 Å². The summed E-state index contributed by atoms with van der Waals surface area (Å²) in [5, 5.41) is 3.64. The molecule has 7 nitrogen and oxygen atoms in total. The van der Waals surface area contributed by atoms with Gasteiger partial charge in [-0.25, -0.2) is 8.42 Å². The largest absolute Gasteiger partial charge is 0.354 e. The maximum absolute atomic E-state index is 14.0. The van der Waals surface area contributed by atoms with E-state index in [0.717, 1.165) is 22.7 Å². The summed E-state index contributed by atoms with van der Waals surface area (Å²) >= 11 is 12.5. The zero-order valence-corrected chi connectivity index (χ0v) is 25.5. The van der Waals surface area contributed by atoms with Crippen LogP contribution in [0.5, 0.6) is 0 Å². The highest BCUT2D eigenvalue weighted by molar-refractivity contribution is 7.92. The number of nitrogens with zero attached hydrogens (tertiary/aromatic N) is 2. The van der Waals surface area contributed by atoms with Gasteiger partial charge in [-0.3, -0.25) is 13.9 Å². The lowest BCUT2D eigenvalue weighted by Crippen LogP contribution is -2.51. The summed E-state index contributed by atoms with van der Waals surface area (Å²) in [6, 6.07) is 17.4. The van der Waals surface area contributed by atoms with Crippen molar-refractivity contribution in [3.63, 3.8) is 0 Å². The lowest BCUT2D eigenvalue weighted by Gasteiger charge is -2.32. The molecule has 0 saturated carbocycles. The molecule has 2 amide bonds. The molecule has 0 aliphatic rings. The molecule has 0 bridgehead atoms. The Morgan fingerprint density at radius 3 is 2.33 bits per heavy atom. The molecule has 3 aromatic carbocycles. The summed E-state index contributed by atoms with van der Waals surface area (Å²) in [6.45, 7) is 7.24. The fraction of sp³-hybridized carbons (Fsp3) is 0.333. The molecule has 0 heterocycles. The minimum absolute atomic E-state index is 0.0107. The number of hydrogen-bond donors (Lipinski definition) is 1. The molecule has 0 saturated heterocycles. The second-order valence-corrected chi connectivity index (χ2v) is 12.4. The van der Waals surface area contributed by atoms with Crippen molar-refractivity contribution in [3.05, 3.63) is 93.5 Å². The quantitative estimate of drug-likeness (QED) is 0.252. The Morgan fingerprint density at radius 1 is 0.975 bits per heavy atom. The van der Waals surface area contributed by atoms with Crippen LogP contribution in [0.3, 0.4) is 0 Å². The van der Waals surface area contributed by atoms with Crippen LogP contribution in [-0.2, 0) is 26.2 Å². The van der Waals surface area contributed by atoms with Gasteiger partial charge in [0.2, 0.25) is 11.8 Å². The van der Waals surface area contributed by atoms with Crippen molar-refractivity contribution in [1.29, 1.82) is 0 Å². The number of hydrogen-bond acceptors (Lipinski definition) is 4. The van der Waals surface area contributed by atoms with Crippen LogP contribution in [0.2, 0.25) is 10.0 Å².